The van der Waals surface area contributed by atoms with Crippen LogP contribution in [0.4, 0.5) is 11.4 Å². The molecule has 0 unspecified atom stereocenters. The summed E-state index contributed by atoms with van der Waals surface area (Å²) >= 11 is 0. The van der Waals surface area contributed by atoms with Crippen molar-refractivity contribution in [1.82, 2.24) is 0 Å². The minimum atomic E-state index is -0.817. The van der Waals surface area contributed by atoms with E-state index in [0.29, 0.717) is 30.4 Å². The molecule has 1 N–H and O–H groups in total. The van der Waals surface area contributed by atoms with E-state index in [1.54, 1.807) is 18.2 Å². The Hall–Kier alpha value is -3.62. The van der Waals surface area contributed by atoms with Gasteiger partial charge in [-0.05, 0) is 39.0 Å². The van der Waals surface area contributed by atoms with Crippen molar-refractivity contribution in [2.45, 2.75) is 20.8 Å². The lowest BCUT2D eigenvalue weighted by Gasteiger charge is -2.13. The number of benzene rings is 2. The topological polar surface area (TPSA) is 117 Å². The molecule has 2 rings (SSSR count). The van der Waals surface area contributed by atoms with Crippen LogP contribution in [-0.2, 0) is 9.53 Å². The summed E-state index contributed by atoms with van der Waals surface area (Å²) in [7, 11) is 0. The van der Waals surface area contributed by atoms with Crippen LogP contribution in [0.2, 0.25) is 0 Å². The average molecular weight is 402 g/mol. The van der Waals surface area contributed by atoms with Gasteiger partial charge in [0.2, 0.25) is 0 Å². The molecule has 0 heterocycles. The molecular formula is C20H22N2O7. The van der Waals surface area contributed by atoms with Gasteiger partial charge in [0.25, 0.3) is 11.6 Å². The molecule has 0 aliphatic carbocycles. The number of nitrogens with one attached hydrogen (secondary N) is 1. The molecule has 0 radical (unpaired) electrons. The normalized spacial score (nSPS) is 10.2. The molecule has 0 aliphatic heterocycles. The number of nitro groups is 1. The van der Waals surface area contributed by atoms with E-state index >= 15 is 0 Å². The van der Waals surface area contributed by atoms with Crippen molar-refractivity contribution in [2.75, 3.05) is 25.1 Å². The Balaban J connectivity index is 2.01. The second-order valence-corrected chi connectivity index (χ2v) is 5.86. The molecule has 0 fully saturated rings. The number of carbonyl (C=O) groups excluding carboxylic acids is 2. The van der Waals surface area contributed by atoms with Crippen molar-refractivity contribution in [2.24, 2.45) is 0 Å². The summed E-state index contributed by atoms with van der Waals surface area (Å²) in [4.78, 5) is 34.7. The Morgan fingerprint density at radius 3 is 2.41 bits per heavy atom. The maximum Gasteiger partial charge on any atom is 0.339 e. The lowest BCUT2D eigenvalue weighted by molar-refractivity contribution is -0.385. The van der Waals surface area contributed by atoms with E-state index in [0.717, 1.165) is 0 Å². The molecular weight excluding hydrogens is 380 g/mol. The lowest BCUT2D eigenvalue weighted by atomic mass is 10.1. The highest BCUT2D eigenvalue weighted by Crippen LogP contribution is 2.30. The van der Waals surface area contributed by atoms with E-state index in [9.17, 15) is 19.7 Å². The summed E-state index contributed by atoms with van der Waals surface area (Å²) in [6.07, 6.45) is 0. The molecule has 0 saturated carbocycles. The molecule has 9 nitrogen and oxygen atoms in total. The summed E-state index contributed by atoms with van der Waals surface area (Å²) in [5, 5.41) is 13.6. The molecule has 154 valence electrons. The summed E-state index contributed by atoms with van der Waals surface area (Å²) in [6.45, 7) is 5.48. The van der Waals surface area contributed by atoms with Gasteiger partial charge >= 0.3 is 5.97 Å². The molecule has 2 aromatic carbocycles. The van der Waals surface area contributed by atoms with Crippen LogP contribution in [0.5, 0.6) is 11.5 Å². The number of nitrogens with zero attached hydrogens (tertiary/aromatic N) is 1. The first-order chi connectivity index (χ1) is 13.9. The van der Waals surface area contributed by atoms with E-state index < -0.39 is 23.4 Å². The second kappa shape index (κ2) is 10.1. The van der Waals surface area contributed by atoms with Crippen LogP contribution in [0.1, 0.15) is 29.8 Å². The molecule has 29 heavy (non-hydrogen) atoms. The zero-order valence-electron chi connectivity index (χ0n) is 16.4. The number of anilines is 1. The number of esters is 1. The molecule has 0 atom stereocenters. The second-order valence-electron chi connectivity index (χ2n) is 5.86. The minimum absolute atomic E-state index is 0.0340. The lowest BCUT2D eigenvalue weighted by Crippen LogP contribution is -2.21. The number of hydrogen-bond acceptors (Lipinski definition) is 7. The Morgan fingerprint density at radius 1 is 1.07 bits per heavy atom. The van der Waals surface area contributed by atoms with Gasteiger partial charge in [0.05, 0.1) is 23.7 Å². The number of ether oxygens (including phenoxy) is 3. The first-order valence-corrected chi connectivity index (χ1v) is 8.98. The average Bonchev–Trinajstić information content (AvgIpc) is 2.68. The highest BCUT2D eigenvalue weighted by Gasteiger charge is 2.19. The molecule has 0 aromatic heterocycles. The Bertz CT molecular complexity index is 912. The third-order valence-corrected chi connectivity index (χ3v) is 3.88. The van der Waals surface area contributed by atoms with Crippen molar-refractivity contribution in [3.05, 3.63) is 57.6 Å². The minimum Gasteiger partial charge on any atom is -0.490 e. The Morgan fingerprint density at radius 2 is 1.76 bits per heavy atom. The fourth-order valence-electron chi connectivity index (χ4n) is 2.58. The van der Waals surface area contributed by atoms with Crippen LogP contribution in [0, 0.1) is 17.0 Å². The van der Waals surface area contributed by atoms with E-state index in [1.165, 1.54) is 25.1 Å². The number of amides is 1. The van der Waals surface area contributed by atoms with Crippen molar-refractivity contribution < 1.29 is 28.7 Å². The molecule has 1 amide bonds. The fourth-order valence-corrected chi connectivity index (χ4v) is 2.58. The van der Waals surface area contributed by atoms with Gasteiger partial charge in [-0.25, -0.2) is 4.79 Å². The van der Waals surface area contributed by atoms with Crippen LogP contribution in [0.25, 0.3) is 0 Å². The Kier molecular flexibility index (Phi) is 7.53. The van der Waals surface area contributed by atoms with E-state index in [4.69, 9.17) is 14.2 Å². The standard InChI is InChI=1S/C20H22N2O7/c1-4-27-17-10-9-14(11-18(17)28-5-2)21-19(23)12-29-20(24)15-7-6-8-16(13(15)3)22(25)26/h6-11H,4-5,12H2,1-3H3,(H,21,23). The van der Waals surface area contributed by atoms with E-state index in [1.807, 2.05) is 13.8 Å². The van der Waals surface area contributed by atoms with Gasteiger partial charge in [0, 0.05) is 23.4 Å². The van der Waals surface area contributed by atoms with Crippen LogP contribution in [0.3, 0.4) is 0 Å². The predicted molar refractivity (Wildman–Crippen MR) is 106 cm³/mol. The molecule has 0 saturated heterocycles. The molecule has 0 spiro atoms. The van der Waals surface area contributed by atoms with Gasteiger partial charge in [-0.15, -0.1) is 0 Å². The maximum absolute atomic E-state index is 12.2. The van der Waals surface area contributed by atoms with Gasteiger partial charge in [0.1, 0.15) is 0 Å². The van der Waals surface area contributed by atoms with Crippen molar-refractivity contribution in [3.8, 4) is 11.5 Å². The molecule has 0 aliphatic rings. The highest BCUT2D eigenvalue weighted by molar-refractivity contribution is 5.96. The smallest absolute Gasteiger partial charge is 0.339 e. The van der Waals surface area contributed by atoms with Gasteiger partial charge in [-0.1, -0.05) is 6.07 Å². The van der Waals surface area contributed by atoms with Crippen LogP contribution in [-0.4, -0.2) is 36.6 Å². The SMILES string of the molecule is CCOc1ccc(NC(=O)COC(=O)c2cccc([N+](=O)[O-])c2C)cc1OCC. The first-order valence-electron chi connectivity index (χ1n) is 8.98. The van der Waals surface area contributed by atoms with Gasteiger partial charge in [-0.2, -0.15) is 0 Å². The quantitative estimate of drug-likeness (QED) is 0.387. The monoisotopic (exact) mass is 402 g/mol. The third-order valence-electron chi connectivity index (χ3n) is 3.88. The number of nitro benzene ring substituents is 1. The summed E-state index contributed by atoms with van der Waals surface area (Å²) < 4.78 is 15.9. The third kappa shape index (κ3) is 5.68. The van der Waals surface area contributed by atoms with Crippen molar-refractivity contribution in [3.63, 3.8) is 0 Å². The fraction of sp³-hybridized carbons (Fsp3) is 0.300. The zero-order valence-corrected chi connectivity index (χ0v) is 16.4. The first kappa shape index (κ1) is 21.7. The van der Waals surface area contributed by atoms with Crippen molar-refractivity contribution >= 4 is 23.3 Å². The van der Waals surface area contributed by atoms with Crippen LogP contribution < -0.4 is 14.8 Å². The summed E-state index contributed by atoms with van der Waals surface area (Å²) in [6, 6.07) is 9.00. The summed E-state index contributed by atoms with van der Waals surface area (Å²) in [5.41, 5.74) is 0.466. The number of hydrogen-bond donors (Lipinski definition) is 1. The zero-order chi connectivity index (χ0) is 21.4. The van der Waals surface area contributed by atoms with Crippen LogP contribution >= 0.6 is 0 Å². The molecule has 2 aromatic rings. The number of carbonyl (C=O) groups is 2. The molecule has 0 bridgehead atoms. The van der Waals surface area contributed by atoms with Gasteiger partial charge in [-0.3, -0.25) is 14.9 Å². The Labute approximate surface area is 167 Å². The molecule has 9 heteroatoms. The van der Waals surface area contributed by atoms with E-state index in [-0.39, 0.29) is 16.8 Å². The highest BCUT2D eigenvalue weighted by atomic mass is 16.6. The maximum atomic E-state index is 12.2. The van der Waals surface area contributed by atoms with Crippen LogP contribution in [0.15, 0.2) is 36.4 Å². The largest absolute Gasteiger partial charge is 0.490 e. The van der Waals surface area contributed by atoms with Gasteiger partial charge in [0.15, 0.2) is 18.1 Å². The summed E-state index contributed by atoms with van der Waals surface area (Å²) in [5.74, 6) is -0.340. The predicted octanol–water partition coefficient (Wildman–Crippen LogP) is 3.50. The van der Waals surface area contributed by atoms with Gasteiger partial charge < -0.3 is 19.5 Å². The van der Waals surface area contributed by atoms with Crippen molar-refractivity contribution in [1.29, 1.82) is 0 Å². The van der Waals surface area contributed by atoms with E-state index in [2.05, 4.69) is 5.32 Å². The number of rotatable bonds is 9.